The first kappa shape index (κ1) is 14.0. The summed E-state index contributed by atoms with van der Waals surface area (Å²) in [4.78, 5) is 24.4. The lowest BCUT2D eigenvalue weighted by atomic mass is 10.2. The summed E-state index contributed by atoms with van der Waals surface area (Å²) in [6.45, 7) is 4.68. The van der Waals surface area contributed by atoms with E-state index in [1.54, 1.807) is 6.92 Å². The molecule has 1 fully saturated rings. The van der Waals surface area contributed by atoms with E-state index in [4.69, 9.17) is 9.84 Å². The van der Waals surface area contributed by atoms with Crippen LogP contribution in [0.5, 0.6) is 0 Å². The molecule has 1 amide bonds. The standard InChI is InChI=1S/C12H21NO4/c1-3-17-8-4-5-11(14)13(10-6-7-10)9(2)12(15)16/h9-10H,3-8H2,1-2H3,(H,15,16). The number of hydrogen-bond acceptors (Lipinski definition) is 3. The Kier molecular flexibility index (Phi) is 5.41. The molecule has 0 bridgehead atoms. The van der Waals surface area contributed by atoms with Crippen molar-refractivity contribution in [3.05, 3.63) is 0 Å². The zero-order chi connectivity index (χ0) is 12.8. The van der Waals surface area contributed by atoms with Gasteiger partial charge in [0.25, 0.3) is 0 Å². The molecular formula is C12H21NO4. The summed E-state index contributed by atoms with van der Waals surface area (Å²) in [6, 6.07) is -0.581. The molecule has 0 radical (unpaired) electrons. The Morgan fingerprint density at radius 2 is 2.12 bits per heavy atom. The highest BCUT2D eigenvalue weighted by atomic mass is 16.5. The van der Waals surface area contributed by atoms with E-state index in [1.165, 1.54) is 4.90 Å². The van der Waals surface area contributed by atoms with E-state index in [0.717, 1.165) is 12.8 Å². The van der Waals surface area contributed by atoms with Crippen LogP contribution in [0.2, 0.25) is 0 Å². The van der Waals surface area contributed by atoms with Crippen LogP contribution in [0.3, 0.4) is 0 Å². The van der Waals surface area contributed by atoms with E-state index >= 15 is 0 Å². The topological polar surface area (TPSA) is 66.8 Å². The molecule has 1 N–H and O–H groups in total. The molecular weight excluding hydrogens is 222 g/mol. The zero-order valence-electron chi connectivity index (χ0n) is 10.5. The molecule has 1 atom stereocenters. The monoisotopic (exact) mass is 243 g/mol. The third-order valence-corrected chi connectivity index (χ3v) is 2.89. The van der Waals surface area contributed by atoms with Gasteiger partial charge in [0.05, 0.1) is 0 Å². The highest BCUT2D eigenvalue weighted by molar-refractivity contribution is 5.83. The molecule has 1 rings (SSSR count). The first-order valence-electron chi connectivity index (χ1n) is 6.19. The van der Waals surface area contributed by atoms with Crippen LogP contribution < -0.4 is 0 Å². The van der Waals surface area contributed by atoms with Crippen LogP contribution in [0.1, 0.15) is 39.5 Å². The van der Waals surface area contributed by atoms with E-state index in [-0.39, 0.29) is 11.9 Å². The molecule has 0 heterocycles. The largest absolute Gasteiger partial charge is 0.480 e. The Labute approximate surface area is 102 Å². The first-order valence-corrected chi connectivity index (χ1v) is 6.19. The summed E-state index contributed by atoms with van der Waals surface area (Å²) >= 11 is 0. The van der Waals surface area contributed by atoms with Crippen molar-refractivity contribution < 1.29 is 19.4 Å². The molecule has 0 aromatic heterocycles. The fourth-order valence-corrected chi connectivity index (χ4v) is 1.81. The predicted octanol–water partition coefficient (Wildman–Crippen LogP) is 1.27. The fraction of sp³-hybridized carbons (Fsp3) is 0.833. The number of amides is 1. The second kappa shape index (κ2) is 6.59. The summed E-state index contributed by atoms with van der Waals surface area (Å²) in [5, 5.41) is 8.97. The van der Waals surface area contributed by atoms with Crippen molar-refractivity contribution in [2.24, 2.45) is 0 Å². The highest BCUT2D eigenvalue weighted by Gasteiger charge is 2.37. The second-order valence-electron chi connectivity index (χ2n) is 4.35. The maximum atomic E-state index is 11.9. The van der Waals surface area contributed by atoms with Crippen molar-refractivity contribution in [1.29, 1.82) is 0 Å². The van der Waals surface area contributed by atoms with E-state index in [9.17, 15) is 9.59 Å². The minimum atomic E-state index is -0.935. The van der Waals surface area contributed by atoms with Gasteiger partial charge in [-0.25, -0.2) is 4.79 Å². The van der Waals surface area contributed by atoms with Crippen molar-refractivity contribution in [3.63, 3.8) is 0 Å². The number of rotatable bonds is 8. The summed E-state index contributed by atoms with van der Waals surface area (Å²) in [6.07, 6.45) is 2.87. The average Bonchev–Trinajstić information content (AvgIpc) is 3.09. The Hall–Kier alpha value is -1.10. The summed E-state index contributed by atoms with van der Waals surface area (Å²) < 4.78 is 5.16. The van der Waals surface area contributed by atoms with E-state index in [1.807, 2.05) is 6.92 Å². The predicted molar refractivity (Wildman–Crippen MR) is 62.7 cm³/mol. The van der Waals surface area contributed by atoms with Crippen LogP contribution in [0.4, 0.5) is 0 Å². The quantitative estimate of drug-likeness (QED) is 0.652. The summed E-state index contributed by atoms with van der Waals surface area (Å²) in [5.41, 5.74) is 0. The summed E-state index contributed by atoms with van der Waals surface area (Å²) in [5.74, 6) is -1.00. The Balaban J connectivity index is 2.41. The van der Waals surface area contributed by atoms with Crippen LogP contribution in [0, 0.1) is 0 Å². The lowest BCUT2D eigenvalue weighted by Gasteiger charge is -2.26. The smallest absolute Gasteiger partial charge is 0.326 e. The molecule has 5 heteroatoms. The van der Waals surface area contributed by atoms with Gasteiger partial charge in [-0.2, -0.15) is 0 Å². The van der Waals surface area contributed by atoms with E-state index in [0.29, 0.717) is 26.1 Å². The minimum absolute atomic E-state index is 0.0675. The number of ether oxygens (including phenoxy) is 1. The molecule has 1 aliphatic rings. The summed E-state index contributed by atoms with van der Waals surface area (Å²) in [7, 11) is 0. The van der Waals surface area contributed by atoms with Crippen molar-refractivity contribution in [1.82, 2.24) is 4.90 Å². The van der Waals surface area contributed by atoms with Gasteiger partial charge < -0.3 is 14.7 Å². The van der Waals surface area contributed by atoms with Crippen LogP contribution in [-0.4, -0.2) is 47.2 Å². The number of carboxylic acids is 1. The van der Waals surface area contributed by atoms with Crippen LogP contribution in [-0.2, 0) is 14.3 Å². The molecule has 5 nitrogen and oxygen atoms in total. The van der Waals surface area contributed by atoms with Gasteiger partial charge in [-0.05, 0) is 33.1 Å². The van der Waals surface area contributed by atoms with E-state index < -0.39 is 12.0 Å². The number of hydrogen-bond donors (Lipinski definition) is 1. The molecule has 1 aliphatic carbocycles. The average molecular weight is 243 g/mol. The number of carbonyl (C=O) groups excluding carboxylic acids is 1. The first-order chi connectivity index (χ1) is 8.07. The number of carboxylic acid groups (broad SMARTS) is 1. The highest BCUT2D eigenvalue weighted by Crippen LogP contribution is 2.29. The van der Waals surface area contributed by atoms with Crippen molar-refractivity contribution in [3.8, 4) is 0 Å². The van der Waals surface area contributed by atoms with Crippen LogP contribution in [0.25, 0.3) is 0 Å². The molecule has 1 unspecified atom stereocenters. The number of nitrogens with zero attached hydrogens (tertiary/aromatic N) is 1. The minimum Gasteiger partial charge on any atom is -0.480 e. The lowest BCUT2D eigenvalue weighted by Crippen LogP contribution is -2.44. The molecule has 17 heavy (non-hydrogen) atoms. The van der Waals surface area contributed by atoms with Gasteiger partial charge in [0.2, 0.25) is 5.91 Å². The third kappa shape index (κ3) is 4.34. The Morgan fingerprint density at radius 1 is 1.47 bits per heavy atom. The van der Waals surface area contributed by atoms with Crippen molar-refractivity contribution in [2.45, 2.75) is 51.6 Å². The molecule has 1 saturated carbocycles. The molecule has 0 saturated heterocycles. The molecule has 98 valence electrons. The van der Waals surface area contributed by atoms with Gasteiger partial charge >= 0.3 is 5.97 Å². The van der Waals surface area contributed by atoms with Crippen LogP contribution >= 0.6 is 0 Å². The van der Waals surface area contributed by atoms with Crippen LogP contribution in [0.15, 0.2) is 0 Å². The number of aliphatic carboxylic acids is 1. The lowest BCUT2D eigenvalue weighted by molar-refractivity contribution is -0.150. The normalized spacial score (nSPS) is 16.6. The van der Waals surface area contributed by atoms with Crippen molar-refractivity contribution >= 4 is 11.9 Å². The Morgan fingerprint density at radius 3 is 2.59 bits per heavy atom. The molecule has 0 aromatic rings. The second-order valence-corrected chi connectivity index (χ2v) is 4.35. The maximum Gasteiger partial charge on any atom is 0.326 e. The molecule has 0 aromatic carbocycles. The van der Waals surface area contributed by atoms with Gasteiger partial charge in [0.1, 0.15) is 6.04 Å². The number of carbonyl (C=O) groups is 2. The van der Waals surface area contributed by atoms with Gasteiger partial charge in [-0.15, -0.1) is 0 Å². The fourth-order valence-electron chi connectivity index (χ4n) is 1.81. The van der Waals surface area contributed by atoms with Gasteiger partial charge in [-0.1, -0.05) is 0 Å². The SMILES string of the molecule is CCOCCCC(=O)N(C1CC1)C(C)C(=O)O. The van der Waals surface area contributed by atoms with Gasteiger partial charge in [0, 0.05) is 25.7 Å². The third-order valence-electron chi connectivity index (χ3n) is 2.89. The molecule has 0 aliphatic heterocycles. The molecule has 0 spiro atoms. The van der Waals surface area contributed by atoms with Gasteiger partial charge in [0.15, 0.2) is 0 Å². The van der Waals surface area contributed by atoms with Crippen molar-refractivity contribution in [2.75, 3.05) is 13.2 Å². The maximum absolute atomic E-state index is 11.9. The van der Waals surface area contributed by atoms with E-state index in [2.05, 4.69) is 0 Å². The van der Waals surface area contributed by atoms with Gasteiger partial charge in [-0.3, -0.25) is 4.79 Å². The zero-order valence-corrected chi connectivity index (χ0v) is 10.5. The Bertz CT molecular complexity index is 276.